The van der Waals surface area contributed by atoms with Gasteiger partial charge in [-0.15, -0.1) is 0 Å². The molecule has 0 aromatic heterocycles. The minimum absolute atomic E-state index is 0.0501. The highest BCUT2D eigenvalue weighted by Crippen LogP contribution is 2.29. The van der Waals surface area contributed by atoms with Crippen molar-refractivity contribution in [3.05, 3.63) is 33.3 Å². The van der Waals surface area contributed by atoms with Crippen molar-refractivity contribution in [1.29, 1.82) is 0 Å². The topological polar surface area (TPSA) is 64.4 Å². The highest BCUT2D eigenvalue weighted by molar-refractivity contribution is 6.33. The van der Waals surface area contributed by atoms with Crippen LogP contribution in [0.15, 0.2) is 18.2 Å². The number of benzene rings is 1. The molecule has 1 aromatic rings. The second-order valence-corrected chi connectivity index (χ2v) is 5.48. The average molecular weight is 299 g/mol. The second-order valence-electron chi connectivity index (χ2n) is 5.07. The van der Waals surface area contributed by atoms with Crippen molar-refractivity contribution in [3.63, 3.8) is 0 Å². The number of hydrogen-bond acceptors (Lipinski definition) is 4. The molecule has 0 radical (unpaired) electrons. The van der Waals surface area contributed by atoms with Crippen molar-refractivity contribution in [2.75, 3.05) is 11.9 Å². The molecule has 1 heterocycles. The van der Waals surface area contributed by atoms with E-state index in [1.807, 2.05) is 0 Å². The van der Waals surface area contributed by atoms with E-state index in [0.717, 1.165) is 32.3 Å². The number of rotatable bonds is 5. The van der Waals surface area contributed by atoms with Crippen LogP contribution < -0.4 is 5.32 Å². The number of nitro benzene ring substituents is 1. The summed E-state index contributed by atoms with van der Waals surface area (Å²) in [6.45, 7) is 2.85. The molecule has 2 atom stereocenters. The van der Waals surface area contributed by atoms with Gasteiger partial charge in [-0.25, -0.2) is 0 Å². The fourth-order valence-corrected chi connectivity index (χ4v) is 2.66. The van der Waals surface area contributed by atoms with Gasteiger partial charge in [-0.3, -0.25) is 10.1 Å². The summed E-state index contributed by atoms with van der Waals surface area (Å²) in [5.74, 6) is 0. The van der Waals surface area contributed by atoms with Gasteiger partial charge in [-0.1, -0.05) is 24.9 Å². The van der Waals surface area contributed by atoms with Crippen molar-refractivity contribution in [2.24, 2.45) is 0 Å². The molecule has 1 aliphatic heterocycles. The molecule has 1 aromatic carbocycles. The molecule has 0 amide bonds. The van der Waals surface area contributed by atoms with E-state index in [1.165, 1.54) is 12.1 Å². The summed E-state index contributed by atoms with van der Waals surface area (Å²) in [4.78, 5) is 10.4. The molecular weight excluding hydrogens is 280 g/mol. The minimum atomic E-state index is -0.411. The van der Waals surface area contributed by atoms with Crippen LogP contribution in [-0.2, 0) is 4.74 Å². The number of non-ortho nitro benzene ring substituents is 1. The van der Waals surface area contributed by atoms with E-state index in [2.05, 4.69) is 12.2 Å². The molecule has 110 valence electrons. The lowest BCUT2D eigenvalue weighted by atomic mass is 10.00. The van der Waals surface area contributed by atoms with Crippen molar-refractivity contribution in [2.45, 2.75) is 44.8 Å². The molecule has 0 saturated carbocycles. The number of nitro groups is 1. The Morgan fingerprint density at radius 1 is 1.55 bits per heavy atom. The Morgan fingerprint density at radius 2 is 2.35 bits per heavy atom. The van der Waals surface area contributed by atoms with Crippen molar-refractivity contribution < 1.29 is 9.66 Å². The molecule has 5 nitrogen and oxygen atoms in total. The summed E-state index contributed by atoms with van der Waals surface area (Å²) in [5.41, 5.74) is 0.678. The van der Waals surface area contributed by atoms with Gasteiger partial charge in [0.2, 0.25) is 0 Å². The van der Waals surface area contributed by atoms with Crippen LogP contribution in [0.1, 0.15) is 32.6 Å². The number of ether oxygens (including phenoxy) is 1. The first-order chi connectivity index (χ1) is 9.60. The lowest BCUT2D eigenvalue weighted by Crippen LogP contribution is -2.34. The van der Waals surface area contributed by atoms with Crippen LogP contribution >= 0.6 is 11.6 Å². The van der Waals surface area contributed by atoms with Gasteiger partial charge in [0.25, 0.3) is 5.69 Å². The Bertz CT molecular complexity index is 479. The molecule has 2 unspecified atom stereocenters. The van der Waals surface area contributed by atoms with Gasteiger partial charge in [0, 0.05) is 24.8 Å². The fourth-order valence-electron chi connectivity index (χ4n) is 2.49. The van der Waals surface area contributed by atoms with Gasteiger partial charge in [0.15, 0.2) is 0 Å². The number of anilines is 1. The van der Waals surface area contributed by atoms with E-state index >= 15 is 0 Å². The van der Waals surface area contributed by atoms with Gasteiger partial charge < -0.3 is 10.1 Å². The average Bonchev–Trinajstić information content (AvgIpc) is 2.42. The first-order valence-corrected chi connectivity index (χ1v) is 7.30. The Morgan fingerprint density at radius 3 is 3.05 bits per heavy atom. The van der Waals surface area contributed by atoms with E-state index in [1.54, 1.807) is 6.07 Å². The minimum Gasteiger partial charge on any atom is -0.381 e. The first kappa shape index (κ1) is 15.1. The predicted molar refractivity (Wildman–Crippen MR) is 79.4 cm³/mol. The van der Waals surface area contributed by atoms with E-state index in [9.17, 15) is 10.1 Å². The number of nitrogens with zero attached hydrogens (tertiary/aromatic N) is 1. The van der Waals surface area contributed by atoms with E-state index in [-0.39, 0.29) is 17.8 Å². The quantitative estimate of drug-likeness (QED) is 0.659. The Kier molecular flexibility index (Phi) is 5.20. The Labute approximate surface area is 123 Å². The molecule has 1 aliphatic rings. The third-order valence-corrected chi connectivity index (χ3v) is 3.83. The maximum absolute atomic E-state index is 10.8. The maximum Gasteiger partial charge on any atom is 0.271 e. The molecule has 6 heteroatoms. The molecule has 0 aliphatic carbocycles. The summed E-state index contributed by atoms with van der Waals surface area (Å²) < 4.78 is 5.70. The van der Waals surface area contributed by atoms with E-state index in [0.29, 0.717) is 10.7 Å². The summed E-state index contributed by atoms with van der Waals surface area (Å²) in [6.07, 6.45) is 4.20. The van der Waals surface area contributed by atoms with Gasteiger partial charge in [0.05, 0.1) is 21.7 Å². The third kappa shape index (κ3) is 3.84. The SMILES string of the molecule is CCCC1CC(Nc2cc([N+](=O)[O-])ccc2Cl)CCO1. The lowest BCUT2D eigenvalue weighted by Gasteiger charge is -2.30. The summed E-state index contributed by atoms with van der Waals surface area (Å²) >= 11 is 6.10. The zero-order valence-electron chi connectivity index (χ0n) is 11.5. The molecule has 1 saturated heterocycles. The Balaban J connectivity index is 2.05. The van der Waals surface area contributed by atoms with Crippen LogP contribution in [0.3, 0.4) is 0 Å². The van der Waals surface area contributed by atoms with Crippen LogP contribution in [0.4, 0.5) is 11.4 Å². The smallest absolute Gasteiger partial charge is 0.271 e. The van der Waals surface area contributed by atoms with Crippen molar-refractivity contribution in [3.8, 4) is 0 Å². The number of hydrogen-bond donors (Lipinski definition) is 1. The zero-order chi connectivity index (χ0) is 14.5. The summed E-state index contributed by atoms with van der Waals surface area (Å²) in [7, 11) is 0. The zero-order valence-corrected chi connectivity index (χ0v) is 12.2. The molecule has 1 N–H and O–H groups in total. The van der Waals surface area contributed by atoms with E-state index < -0.39 is 4.92 Å². The fraction of sp³-hybridized carbons (Fsp3) is 0.571. The van der Waals surface area contributed by atoms with Crippen molar-refractivity contribution >= 4 is 23.0 Å². The summed E-state index contributed by atoms with van der Waals surface area (Å²) in [6, 6.07) is 4.72. The normalized spacial score (nSPS) is 22.5. The molecule has 0 bridgehead atoms. The highest BCUT2D eigenvalue weighted by Gasteiger charge is 2.23. The van der Waals surface area contributed by atoms with Gasteiger partial charge in [-0.2, -0.15) is 0 Å². The molecule has 2 rings (SSSR count). The van der Waals surface area contributed by atoms with Crippen LogP contribution in [0.5, 0.6) is 0 Å². The van der Waals surface area contributed by atoms with Crippen molar-refractivity contribution in [1.82, 2.24) is 0 Å². The van der Waals surface area contributed by atoms with Gasteiger partial charge in [0.1, 0.15) is 0 Å². The molecule has 0 spiro atoms. The second kappa shape index (κ2) is 6.90. The lowest BCUT2D eigenvalue weighted by molar-refractivity contribution is -0.384. The standard InChI is InChI=1S/C14H19ClN2O3/c1-2-3-12-8-10(6-7-20-12)16-14-9-11(17(18)19)4-5-13(14)15/h4-5,9-10,12,16H,2-3,6-8H2,1H3. The van der Waals surface area contributed by atoms with Gasteiger partial charge in [-0.05, 0) is 25.3 Å². The van der Waals surface area contributed by atoms with E-state index in [4.69, 9.17) is 16.3 Å². The van der Waals surface area contributed by atoms with Crippen LogP contribution in [-0.4, -0.2) is 23.7 Å². The van der Waals surface area contributed by atoms with Gasteiger partial charge >= 0.3 is 0 Å². The summed E-state index contributed by atoms with van der Waals surface area (Å²) in [5, 5.41) is 14.6. The highest BCUT2D eigenvalue weighted by atomic mass is 35.5. The van der Waals surface area contributed by atoms with Crippen LogP contribution in [0.2, 0.25) is 5.02 Å². The number of halogens is 1. The number of nitrogens with one attached hydrogen (secondary N) is 1. The third-order valence-electron chi connectivity index (χ3n) is 3.50. The molecule has 20 heavy (non-hydrogen) atoms. The predicted octanol–water partition coefficient (Wildman–Crippen LogP) is 4.01. The van der Waals surface area contributed by atoms with Crippen LogP contribution in [0.25, 0.3) is 0 Å². The maximum atomic E-state index is 10.8. The molecular formula is C14H19ClN2O3. The Hall–Kier alpha value is -1.33. The molecule has 1 fully saturated rings. The monoisotopic (exact) mass is 298 g/mol. The first-order valence-electron chi connectivity index (χ1n) is 6.92. The van der Waals surface area contributed by atoms with Crippen LogP contribution in [0, 0.1) is 10.1 Å². The largest absolute Gasteiger partial charge is 0.381 e.